The molecule has 1 heterocycles. The van der Waals surface area contributed by atoms with Crippen LogP contribution in [0.5, 0.6) is 0 Å². The average Bonchev–Trinajstić information content (AvgIpc) is 3.05. The topological polar surface area (TPSA) is 60.9 Å². The van der Waals surface area contributed by atoms with Crippen LogP contribution in [0.3, 0.4) is 0 Å². The Bertz CT molecular complexity index is 361. The zero-order valence-corrected chi connectivity index (χ0v) is 11.3. The van der Waals surface area contributed by atoms with Crippen molar-refractivity contribution < 1.29 is 14.7 Å². The standard InChI is InChI=1S/C13H22N2O3/c1-9(2)13(12(17)18)8-10(13)11(16)15-6-4-14(3)5-7-15/h9-10H,4-8H2,1-3H3,(H,17,18). The molecule has 2 fully saturated rings. The highest BCUT2D eigenvalue weighted by Crippen LogP contribution is 2.58. The molecule has 1 aliphatic carbocycles. The Labute approximate surface area is 108 Å². The van der Waals surface area contributed by atoms with Crippen LogP contribution < -0.4 is 0 Å². The van der Waals surface area contributed by atoms with Gasteiger partial charge >= 0.3 is 5.97 Å². The third-order valence-electron chi connectivity index (χ3n) is 4.55. The average molecular weight is 254 g/mol. The molecule has 2 atom stereocenters. The van der Waals surface area contributed by atoms with Crippen molar-refractivity contribution >= 4 is 11.9 Å². The van der Waals surface area contributed by atoms with Gasteiger partial charge < -0.3 is 14.9 Å². The van der Waals surface area contributed by atoms with Gasteiger partial charge in [-0.1, -0.05) is 13.8 Å². The monoisotopic (exact) mass is 254 g/mol. The van der Waals surface area contributed by atoms with Crippen LogP contribution in [0.2, 0.25) is 0 Å². The quantitative estimate of drug-likeness (QED) is 0.797. The molecule has 18 heavy (non-hydrogen) atoms. The fourth-order valence-electron chi connectivity index (χ4n) is 2.96. The summed E-state index contributed by atoms with van der Waals surface area (Å²) in [4.78, 5) is 27.7. The van der Waals surface area contributed by atoms with Gasteiger partial charge in [-0.3, -0.25) is 9.59 Å². The third kappa shape index (κ3) is 2.00. The van der Waals surface area contributed by atoms with Gasteiger partial charge in [0.2, 0.25) is 5.91 Å². The second-order valence-corrected chi connectivity index (χ2v) is 5.89. The number of aliphatic carboxylic acids is 1. The van der Waals surface area contributed by atoms with Gasteiger partial charge in [-0.25, -0.2) is 0 Å². The van der Waals surface area contributed by atoms with Crippen molar-refractivity contribution in [1.82, 2.24) is 9.80 Å². The van der Waals surface area contributed by atoms with Crippen LogP contribution in [-0.4, -0.2) is 60.0 Å². The highest BCUT2D eigenvalue weighted by atomic mass is 16.4. The summed E-state index contributed by atoms with van der Waals surface area (Å²) in [5.74, 6) is -1.07. The van der Waals surface area contributed by atoms with Crippen LogP contribution in [0.1, 0.15) is 20.3 Å². The largest absolute Gasteiger partial charge is 0.481 e. The maximum absolute atomic E-state index is 12.3. The van der Waals surface area contributed by atoms with Crippen LogP contribution in [0.25, 0.3) is 0 Å². The van der Waals surface area contributed by atoms with Gasteiger partial charge in [-0.15, -0.1) is 0 Å². The number of rotatable bonds is 3. The van der Waals surface area contributed by atoms with Crippen molar-refractivity contribution in [2.75, 3.05) is 33.2 Å². The zero-order valence-electron chi connectivity index (χ0n) is 11.3. The summed E-state index contributed by atoms with van der Waals surface area (Å²) in [6, 6.07) is 0. The number of nitrogens with zero attached hydrogens (tertiary/aromatic N) is 2. The summed E-state index contributed by atoms with van der Waals surface area (Å²) in [6.45, 7) is 6.98. The Balaban J connectivity index is 2.02. The number of carboxylic acid groups (broad SMARTS) is 1. The van der Waals surface area contributed by atoms with E-state index in [1.54, 1.807) is 0 Å². The first kappa shape index (κ1) is 13.3. The molecule has 0 aromatic carbocycles. The van der Waals surface area contributed by atoms with Crippen LogP contribution in [0, 0.1) is 17.3 Å². The number of carbonyl (C=O) groups is 2. The van der Waals surface area contributed by atoms with Gasteiger partial charge in [0.1, 0.15) is 0 Å². The number of carbonyl (C=O) groups excluding carboxylic acids is 1. The summed E-state index contributed by atoms with van der Waals surface area (Å²) in [6.07, 6.45) is 0.505. The lowest BCUT2D eigenvalue weighted by atomic mass is 9.89. The molecule has 2 unspecified atom stereocenters. The Morgan fingerprint density at radius 1 is 1.22 bits per heavy atom. The van der Waals surface area contributed by atoms with Crippen LogP contribution >= 0.6 is 0 Å². The molecule has 0 bridgehead atoms. The van der Waals surface area contributed by atoms with Crippen molar-refractivity contribution in [3.63, 3.8) is 0 Å². The molecule has 1 saturated heterocycles. The first-order chi connectivity index (χ1) is 8.39. The van der Waals surface area contributed by atoms with E-state index in [-0.39, 0.29) is 17.7 Å². The molecule has 1 N–H and O–H groups in total. The van der Waals surface area contributed by atoms with Gasteiger partial charge in [0.15, 0.2) is 0 Å². The molecule has 102 valence electrons. The number of piperazine rings is 1. The molecule has 0 spiro atoms. The molecule has 2 aliphatic rings. The highest BCUT2D eigenvalue weighted by Gasteiger charge is 2.66. The zero-order chi connectivity index (χ0) is 13.5. The maximum atomic E-state index is 12.3. The van der Waals surface area contributed by atoms with E-state index >= 15 is 0 Å². The Morgan fingerprint density at radius 3 is 2.17 bits per heavy atom. The summed E-state index contributed by atoms with van der Waals surface area (Å²) < 4.78 is 0. The van der Waals surface area contributed by atoms with E-state index in [1.165, 1.54) is 0 Å². The van der Waals surface area contributed by atoms with E-state index in [4.69, 9.17) is 0 Å². The number of likely N-dealkylation sites (N-methyl/N-ethyl adjacent to an activating group) is 1. The SMILES string of the molecule is CC(C)C1(C(=O)O)CC1C(=O)N1CCN(C)CC1. The maximum Gasteiger partial charge on any atom is 0.310 e. The molecule has 5 nitrogen and oxygen atoms in total. The van der Waals surface area contributed by atoms with Crippen LogP contribution in [0.4, 0.5) is 0 Å². The van der Waals surface area contributed by atoms with Crippen molar-refractivity contribution in [2.45, 2.75) is 20.3 Å². The minimum absolute atomic E-state index is 0.0106. The minimum Gasteiger partial charge on any atom is -0.481 e. The lowest BCUT2D eigenvalue weighted by Crippen LogP contribution is -2.48. The van der Waals surface area contributed by atoms with E-state index in [1.807, 2.05) is 25.8 Å². The molecule has 0 radical (unpaired) electrons. The van der Waals surface area contributed by atoms with Crippen molar-refractivity contribution in [2.24, 2.45) is 17.3 Å². The lowest BCUT2D eigenvalue weighted by Gasteiger charge is -2.33. The predicted molar refractivity (Wildman–Crippen MR) is 67.1 cm³/mol. The van der Waals surface area contributed by atoms with Crippen molar-refractivity contribution in [3.8, 4) is 0 Å². The second-order valence-electron chi connectivity index (χ2n) is 5.89. The van der Waals surface area contributed by atoms with E-state index in [0.29, 0.717) is 6.42 Å². The smallest absolute Gasteiger partial charge is 0.310 e. The fourth-order valence-corrected chi connectivity index (χ4v) is 2.96. The molecular weight excluding hydrogens is 232 g/mol. The lowest BCUT2D eigenvalue weighted by molar-refractivity contribution is -0.149. The molecule has 1 aliphatic heterocycles. The van der Waals surface area contributed by atoms with Gasteiger partial charge in [0, 0.05) is 26.2 Å². The van der Waals surface area contributed by atoms with Gasteiger partial charge in [-0.05, 0) is 19.4 Å². The molecule has 0 aromatic heterocycles. The Kier molecular flexibility index (Phi) is 3.36. The number of hydrogen-bond donors (Lipinski definition) is 1. The first-order valence-corrected chi connectivity index (χ1v) is 6.60. The normalized spacial score (nSPS) is 32.7. The summed E-state index contributed by atoms with van der Waals surface area (Å²) in [5.41, 5.74) is -0.805. The minimum atomic E-state index is -0.815. The molecule has 2 rings (SSSR count). The van der Waals surface area contributed by atoms with E-state index in [2.05, 4.69) is 4.90 Å². The highest BCUT2D eigenvalue weighted by molar-refractivity contribution is 5.93. The van der Waals surface area contributed by atoms with E-state index in [0.717, 1.165) is 26.2 Å². The predicted octanol–water partition coefficient (Wildman–Crippen LogP) is 0.507. The molecule has 1 amide bonds. The first-order valence-electron chi connectivity index (χ1n) is 6.60. The summed E-state index contributed by atoms with van der Waals surface area (Å²) in [5, 5.41) is 9.35. The van der Waals surface area contributed by atoms with Crippen LogP contribution in [0.15, 0.2) is 0 Å². The van der Waals surface area contributed by atoms with Gasteiger partial charge in [0.25, 0.3) is 0 Å². The molecule has 0 aromatic rings. The summed E-state index contributed by atoms with van der Waals surface area (Å²) in [7, 11) is 2.04. The van der Waals surface area contributed by atoms with Crippen molar-refractivity contribution in [3.05, 3.63) is 0 Å². The van der Waals surface area contributed by atoms with Crippen molar-refractivity contribution in [1.29, 1.82) is 0 Å². The molecule has 1 saturated carbocycles. The third-order valence-corrected chi connectivity index (χ3v) is 4.55. The van der Waals surface area contributed by atoms with Crippen LogP contribution in [-0.2, 0) is 9.59 Å². The van der Waals surface area contributed by atoms with E-state index in [9.17, 15) is 14.7 Å². The fraction of sp³-hybridized carbons (Fsp3) is 0.846. The number of hydrogen-bond acceptors (Lipinski definition) is 3. The molecule has 5 heteroatoms. The second kappa shape index (κ2) is 4.53. The van der Waals surface area contributed by atoms with Gasteiger partial charge in [-0.2, -0.15) is 0 Å². The van der Waals surface area contributed by atoms with E-state index < -0.39 is 11.4 Å². The number of carboxylic acids is 1. The molecular formula is C13H22N2O3. The Morgan fingerprint density at radius 2 is 1.78 bits per heavy atom. The Hall–Kier alpha value is -1.10. The van der Waals surface area contributed by atoms with Gasteiger partial charge in [0.05, 0.1) is 11.3 Å². The summed E-state index contributed by atoms with van der Waals surface area (Å²) >= 11 is 0. The number of amides is 1.